The number of benzene rings is 2. The Morgan fingerprint density at radius 3 is 2.39 bits per heavy atom. The van der Waals surface area contributed by atoms with Crippen molar-refractivity contribution in [3.8, 4) is 11.4 Å². The smallest absolute Gasteiger partial charge is 0.329 e. The van der Waals surface area contributed by atoms with Crippen LogP contribution in [0.1, 0.15) is 23.9 Å². The Bertz CT molecular complexity index is 1100. The number of hydrogen-bond acceptors (Lipinski definition) is 4. The summed E-state index contributed by atoms with van der Waals surface area (Å²) in [5, 5.41) is 6.94. The van der Waals surface area contributed by atoms with Crippen molar-refractivity contribution in [2.24, 2.45) is 5.10 Å². The van der Waals surface area contributed by atoms with Gasteiger partial charge in [0.05, 0.1) is 12.8 Å². The Hall–Kier alpha value is -3.58. The lowest BCUT2D eigenvalue weighted by Gasteiger charge is -2.10. The molecule has 0 atom stereocenters. The van der Waals surface area contributed by atoms with E-state index in [0.29, 0.717) is 17.3 Å². The summed E-state index contributed by atoms with van der Waals surface area (Å²) in [5.74, 6) is -0.874. The van der Waals surface area contributed by atoms with E-state index in [1.165, 1.54) is 6.21 Å². The summed E-state index contributed by atoms with van der Waals surface area (Å²) in [5.41, 5.74) is 6.48. The van der Waals surface area contributed by atoms with Crippen LogP contribution in [0.25, 0.3) is 5.69 Å². The van der Waals surface area contributed by atoms with Gasteiger partial charge in [-0.05, 0) is 75.4 Å². The second kappa shape index (κ2) is 9.95. The zero-order valence-electron chi connectivity index (χ0n) is 17.5. The van der Waals surface area contributed by atoms with Crippen molar-refractivity contribution in [2.75, 3.05) is 11.9 Å². The molecule has 0 aliphatic carbocycles. The third kappa shape index (κ3) is 5.52. The van der Waals surface area contributed by atoms with Crippen molar-refractivity contribution in [1.29, 1.82) is 0 Å². The van der Waals surface area contributed by atoms with E-state index in [1.807, 2.05) is 51.1 Å². The lowest BCUT2D eigenvalue weighted by atomic mass is 10.2. The molecule has 0 saturated heterocycles. The van der Waals surface area contributed by atoms with Crippen LogP contribution in [0.4, 0.5) is 5.69 Å². The van der Waals surface area contributed by atoms with E-state index < -0.39 is 11.8 Å². The van der Waals surface area contributed by atoms with E-state index in [-0.39, 0.29) is 0 Å². The molecule has 1 heterocycles. The number of carbonyl (C=O) groups is 2. The van der Waals surface area contributed by atoms with Crippen molar-refractivity contribution >= 4 is 35.3 Å². The van der Waals surface area contributed by atoms with Gasteiger partial charge in [0.2, 0.25) is 0 Å². The fraction of sp³-hybridized carbons (Fsp3) is 0.174. The van der Waals surface area contributed by atoms with Gasteiger partial charge in [0.25, 0.3) is 0 Å². The molecule has 8 heteroatoms. The molecule has 7 nitrogen and oxygen atoms in total. The maximum Gasteiger partial charge on any atom is 0.329 e. The number of nitrogens with zero attached hydrogens (tertiary/aromatic N) is 2. The highest BCUT2D eigenvalue weighted by Crippen LogP contribution is 2.22. The maximum atomic E-state index is 12.0. The molecule has 0 fully saturated rings. The van der Waals surface area contributed by atoms with Crippen LogP contribution in [0.3, 0.4) is 0 Å². The van der Waals surface area contributed by atoms with Crippen molar-refractivity contribution in [1.82, 2.24) is 9.99 Å². The van der Waals surface area contributed by atoms with Crippen molar-refractivity contribution < 1.29 is 14.3 Å². The standard InChI is InChI=1S/C23H23ClN4O3/c1-4-31-21-11-9-20(10-12-21)28-15(2)13-17(16(28)3)14-25-27-23(30)22(29)26-19-7-5-18(24)6-8-19/h5-14H,4H2,1-3H3,(H,26,29)(H,27,30)/b25-14-. The van der Waals surface area contributed by atoms with E-state index in [1.54, 1.807) is 24.3 Å². The minimum atomic E-state index is -0.869. The largest absolute Gasteiger partial charge is 0.494 e. The lowest BCUT2D eigenvalue weighted by molar-refractivity contribution is -0.136. The Morgan fingerprint density at radius 1 is 1.06 bits per heavy atom. The molecule has 160 valence electrons. The third-order valence-electron chi connectivity index (χ3n) is 4.55. The van der Waals surface area contributed by atoms with Crippen LogP contribution >= 0.6 is 11.6 Å². The fourth-order valence-electron chi connectivity index (χ4n) is 3.11. The molecule has 31 heavy (non-hydrogen) atoms. The van der Waals surface area contributed by atoms with E-state index in [4.69, 9.17) is 16.3 Å². The summed E-state index contributed by atoms with van der Waals surface area (Å²) >= 11 is 5.80. The minimum Gasteiger partial charge on any atom is -0.494 e. The Kier molecular flexibility index (Phi) is 7.10. The van der Waals surface area contributed by atoms with Gasteiger partial charge in [-0.25, -0.2) is 5.43 Å². The predicted molar refractivity (Wildman–Crippen MR) is 122 cm³/mol. The summed E-state index contributed by atoms with van der Waals surface area (Å²) in [7, 11) is 0. The fourth-order valence-corrected chi connectivity index (χ4v) is 3.23. The van der Waals surface area contributed by atoms with Crippen LogP contribution < -0.4 is 15.5 Å². The monoisotopic (exact) mass is 438 g/mol. The van der Waals surface area contributed by atoms with Crippen LogP contribution in [0.2, 0.25) is 5.02 Å². The van der Waals surface area contributed by atoms with E-state index in [9.17, 15) is 9.59 Å². The van der Waals surface area contributed by atoms with Gasteiger partial charge in [-0.15, -0.1) is 0 Å². The first-order chi connectivity index (χ1) is 14.9. The van der Waals surface area contributed by atoms with E-state index >= 15 is 0 Å². The second-order valence-electron chi connectivity index (χ2n) is 6.75. The predicted octanol–water partition coefficient (Wildman–Crippen LogP) is 4.24. The van der Waals surface area contributed by atoms with Gasteiger partial charge < -0.3 is 14.6 Å². The molecule has 0 bridgehead atoms. The van der Waals surface area contributed by atoms with Gasteiger partial charge >= 0.3 is 11.8 Å². The molecule has 0 radical (unpaired) electrons. The molecular weight excluding hydrogens is 416 g/mol. The van der Waals surface area contributed by atoms with E-state index in [0.717, 1.165) is 28.4 Å². The molecule has 0 unspecified atom stereocenters. The number of nitrogens with one attached hydrogen (secondary N) is 2. The first-order valence-electron chi connectivity index (χ1n) is 9.71. The van der Waals surface area contributed by atoms with Gasteiger partial charge in [-0.3, -0.25) is 9.59 Å². The number of hydrogen-bond donors (Lipinski definition) is 2. The topological polar surface area (TPSA) is 84.7 Å². The highest BCUT2D eigenvalue weighted by Gasteiger charge is 2.13. The molecule has 0 saturated carbocycles. The Morgan fingerprint density at radius 2 is 1.74 bits per heavy atom. The average molecular weight is 439 g/mol. The number of aryl methyl sites for hydroxylation is 1. The Balaban J connectivity index is 1.65. The number of halogens is 1. The SMILES string of the molecule is CCOc1ccc(-n2c(C)cc(/C=N\NC(=O)C(=O)Nc3ccc(Cl)cc3)c2C)cc1. The summed E-state index contributed by atoms with van der Waals surface area (Å²) in [6.45, 7) is 6.50. The summed E-state index contributed by atoms with van der Waals surface area (Å²) in [6, 6.07) is 16.2. The van der Waals surface area contributed by atoms with Crippen LogP contribution in [0.15, 0.2) is 59.7 Å². The van der Waals surface area contributed by atoms with Crippen molar-refractivity contribution in [3.05, 3.63) is 76.6 Å². The molecule has 0 aliphatic rings. The van der Waals surface area contributed by atoms with Crippen molar-refractivity contribution in [2.45, 2.75) is 20.8 Å². The van der Waals surface area contributed by atoms with Gasteiger partial charge in [0, 0.05) is 33.3 Å². The number of rotatable bonds is 6. The third-order valence-corrected chi connectivity index (χ3v) is 4.81. The molecule has 0 spiro atoms. The molecule has 2 amide bonds. The summed E-state index contributed by atoms with van der Waals surface area (Å²) in [4.78, 5) is 24.0. The number of amides is 2. The minimum absolute atomic E-state index is 0.465. The number of anilines is 1. The van der Waals surface area contributed by atoms with Gasteiger partial charge in [0.1, 0.15) is 5.75 Å². The van der Waals surface area contributed by atoms with Gasteiger partial charge in [-0.1, -0.05) is 11.6 Å². The van der Waals surface area contributed by atoms with Crippen LogP contribution in [-0.2, 0) is 9.59 Å². The molecule has 3 rings (SSSR count). The first-order valence-corrected chi connectivity index (χ1v) is 10.1. The van der Waals surface area contributed by atoms with Gasteiger partial charge in [0.15, 0.2) is 0 Å². The maximum absolute atomic E-state index is 12.0. The highest BCUT2D eigenvalue weighted by atomic mass is 35.5. The molecule has 1 aromatic heterocycles. The molecule has 3 aromatic rings. The zero-order chi connectivity index (χ0) is 22.4. The van der Waals surface area contributed by atoms with Crippen LogP contribution in [0, 0.1) is 13.8 Å². The number of hydrazone groups is 1. The number of carbonyl (C=O) groups excluding carboxylic acids is 2. The molecule has 2 N–H and O–H groups in total. The Labute approximate surface area is 185 Å². The summed E-state index contributed by atoms with van der Waals surface area (Å²) < 4.78 is 7.57. The van der Waals surface area contributed by atoms with Crippen molar-refractivity contribution in [3.63, 3.8) is 0 Å². The second-order valence-corrected chi connectivity index (χ2v) is 7.19. The summed E-state index contributed by atoms with van der Waals surface area (Å²) in [6.07, 6.45) is 1.51. The van der Waals surface area contributed by atoms with Gasteiger partial charge in [-0.2, -0.15) is 5.10 Å². The molecule has 0 aliphatic heterocycles. The zero-order valence-corrected chi connectivity index (χ0v) is 18.2. The highest BCUT2D eigenvalue weighted by molar-refractivity contribution is 6.39. The number of aromatic nitrogens is 1. The van der Waals surface area contributed by atoms with Crippen LogP contribution in [0.5, 0.6) is 5.75 Å². The first kappa shape index (κ1) is 22.1. The van der Waals surface area contributed by atoms with Crippen LogP contribution in [-0.4, -0.2) is 29.2 Å². The normalized spacial score (nSPS) is 10.8. The van der Waals surface area contributed by atoms with E-state index in [2.05, 4.69) is 20.4 Å². The molecule has 2 aromatic carbocycles. The number of ether oxygens (including phenoxy) is 1. The average Bonchev–Trinajstić information content (AvgIpc) is 3.03. The lowest BCUT2D eigenvalue weighted by Crippen LogP contribution is -2.32. The quantitative estimate of drug-likeness (QED) is 0.343. The molecular formula is C23H23ClN4O3.